The Morgan fingerprint density at radius 3 is 2.64 bits per heavy atom. The van der Waals surface area contributed by atoms with Crippen molar-refractivity contribution in [2.45, 2.75) is 104 Å². The van der Waals surface area contributed by atoms with E-state index in [1.54, 1.807) is 5.57 Å². The number of allylic oxidation sites excluding steroid dienone is 4. The second-order valence-corrected chi connectivity index (χ2v) is 10.8. The Labute approximate surface area is 174 Å². The molecule has 0 radical (unpaired) electrons. The fourth-order valence-corrected chi connectivity index (χ4v) is 6.66. The third kappa shape index (κ3) is 4.84. The summed E-state index contributed by atoms with van der Waals surface area (Å²) in [4.78, 5) is 0. The van der Waals surface area contributed by atoms with Gasteiger partial charge in [-0.15, -0.1) is 0 Å². The molecular formula is C27H44O. The molecular weight excluding hydrogens is 340 g/mol. The zero-order chi connectivity index (χ0) is 20.3. The Morgan fingerprint density at radius 1 is 1.11 bits per heavy atom. The van der Waals surface area contributed by atoms with Crippen molar-refractivity contribution in [3.8, 4) is 0 Å². The minimum absolute atomic E-state index is 0.172. The van der Waals surface area contributed by atoms with Gasteiger partial charge in [-0.25, -0.2) is 0 Å². The summed E-state index contributed by atoms with van der Waals surface area (Å²) in [5, 5.41) is 10.0. The average Bonchev–Trinajstić information content (AvgIpc) is 2.99. The SMILES string of the molecule is C=C1CC[C@@H](O)C/C1=C/C=C1\CCC[C@]2(C)[C@@H]([C@H](C)CCCC(C)C)CC[C@@H]12. The minimum atomic E-state index is -0.172. The van der Waals surface area contributed by atoms with Crippen LogP contribution in [0.5, 0.6) is 0 Å². The summed E-state index contributed by atoms with van der Waals surface area (Å²) >= 11 is 0. The molecule has 0 bridgehead atoms. The summed E-state index contributed by atoms with van der Waals surface area (Å²) < 4.78 is 0. The van der Waals surface area contributed by atoms with Crippen molar-refractivity contribution in [2.75, 3.05) is 0 Å². The van der Waals surface area contributed by atoms with Gasteiger partial charge in [0.15, 0.2) is 0 Å². The second-order valence-electron chi connectivity index (χ2n) is 10.8. The Morgan fingerprint density at radius 2 is 1.89 bits per heavy atom. The molecule has 0 heterocycles. The van der Waals surface area contributed by atoms with Crippen molar-refractivity contribution in [1.82, 2.24) is 0 Å². The first-order chi connectivity index (χ1) is 13.3. The smallest absolute Gasteiger partial charge is 0.0583 e. The highest BCUT2D eigenvalue weighted by atomic mass is 16.3. The molecule has 3 aliphatic carbocycles. The molecule has 0 spiro atoms. The lowest BCUT2D eigenvalue weighted by Gasteiger charge is -2.44. The zero-order valence-electron chi connectivity index (χ0n) is 19.0. The molecule has 0 aliphatic heterocycles. The van der Waals surface area contributed by atoms with Gasteiger partial charge in [0.25, 0.3) is 0 Å². The van der Waals surface area contributed by atoms with Gasteiger partial charge in [0.2, 0.25) is 0 Å². The average molecular weight is 385 g/mol. The normalized spacial score (nSPS) is 37.6. The highest BCUT2D eigenvalue weighted by Crippen LogP contribution is 2.59. The molecule has 1 heteroatoms. The molecule has 0 unspecified atom stereocenters. The standard InChI is InChI=1S/C27H44O/c1-19(2)8-6-9-21(4)25-15-16-26-22(10-7-17-27(25,26)5)12-13-23-18-24(28)14-11-20(23)3/h12-13,19,21,24-26,28H,3,6-11,14-18H2,1-2,4-5H3/b22-12+,23-13-/t21-,24-,25-,26+,27-/m1/s1. The van der Waals surface area contributed by atoms with Gasteiger partial charge in [-0.05, 0) is 86.0 Å². The van der Waals surface area contributed by atoms with Crippen molar-refractivity contribution in [1.29, 1.82) is 0 Å². The van der Waals surface area contributed by atoms with Crippen LogP contribution < -0.4 is 0 Å². The molecule has 5 atom stereocenters. The summed E-state index contributed by atoms with van der Waals surface area (Å²) in [7, 11) is 0. The highest BCUT2D eigenvalue weighted by molar-refractivity contribution is 5.36. The van der Waals surface area contributed by atoms with E-state index in [1.165, 1.54) is 62.5 Å². The summed E-state index contributed by atoms with van der Waals surface area (Å²) in [6.07, 6.45) is 18.2. The van der Waals surface area contributed by atoms with E-state index in [0.717, 1.165) is 42.9 Å². The third-order valence-corrected chi connectivity index (χ3v) is 8.35. The fourth-order valence-electron chi connectivity index (χ4n) is 6.66. The first kappa shape index (κ1) is 21.9. The first-order valence-corrected chi connectivity index (χ1v) is 12.1. The van der Waals surface area contributed by atoms with Crippen LogP contribution >= 0.6 is 0 Å². The Hall–Kier alpha value is -0.820. The third-order valence-electron chi connectivity index (χ3n) is 8.35. The van der Waals surface area contributed by atoms with E-state index in [9.17, 15) is 5.11 Å². The van der Waals surface area contributed by atoms with Crippen molar-refractivity contribution in [2.24, 2.45) is 29.1 Å². The van der Waals surface area contributed by atoms with E-state index in [0.29, 0.717) is 5.41 Å². The predicted molar refractivity (Wildman–Crippen MR) is 121 cm³/mol. The van der Waals surface area contributed by atoms with E-state index in [1.807, 2.05) is 0 Å². The molecule has 0 aromatic rings. The van der Waals surface area contributed by atoms with Crippen LogP contribution in [0.15, 0.2) is 35.5 Å². The van der Waals surface area contributed by atoms with Crippen molar-refractivity contribution in [3.63, 3.8) is 0 Å². The first-order valence-electron chi connectivity index (χ1n) is 12.1. The number of aliphatic hydroxyl groups is 1. The van der Waals surface area contributed by atoms with E-state index < -0.39 is 0 Å². The molecule has 3 saturated carbocycles. The molecule has 0 aromatic carbocycles. The molecule has 0 aromatic heterocycles. The van der Waals surface area contributed by atoms with Gasteiger partial charge in [-0.1, -0.05) is 76.8 Å². The summed E-state index contributed by atoms with van der Waals surface area (Å²) in [5.74, 6) is 3.37. The van der Waals surface area contributed by atoms with Gasteiger partial charge >= 0.3 is 0 Å². The lowest BCUT2D eigenvalue weighted by Crippen LogP contribution is -2.36. The number of hydrogen-bond acceptors (Lipinski definition) is 1. The summed E-state index contributed by atoms with van der Waals surface area (Å²) in [5.41, 5.74) is 4.72. The molecule has 0 amide bonds. The molecule has 3 fully saturated rings. The number of aliphatic hydroxyl groups excluding tert-OH is 1. The quantitative estimate of drug-likeness (QED) is 0.499. The summed E-state index contributed by atoms with van der Waals surface area (Å²) in [6.45, 7) is 14.1. The number of rotatable bonds is 6. The van der Waals surface area contributed by atoms with Gasteiger partial charge < -0.3 is 5.11 Å². The van der Waals surface area contributed by atoms with Crippen LogP contribution in [0.1, 0.15) is 98.3 Å². The molecule has 1 nitrogen and oxygen atoms in total. The molecule has 1 N–H and O–H groups in total. The maximum absolute atomic E-state index is 10.0. The van der Waals surface area contributed by atoms with Gasteiger partial charge in [-0.3, -0.25) is 0 Å². The van der Waals surface area contributed by atoms with Crippen molar-refractivity contribution >= 4 is 0 Å². The van der Waals surface area contributed by atoms with Gasteiger partial charge in [0.1, 0.15) is 0 Å². The lowest BCUT2D eigenvalue weighted by molar-refractivity contribution is 0.0929. The maximum Gasteiger partial charge on any atom is 0.0583 e. The van der Waals surface area contributed by atoms with Crippen LogP contribution in [0.4, 0.5) is 0 Å². The van der Waals surface area contributed by atoms with E-state index >= 15 is 0 Å². The van der Waals surface area contributed by atoms with Crippen LogP contribution in [0.25, 0.3) is 0 Å². The van der Waals surface area contributed by atoms with E-state index in [4.69, 9.17) is 0 Å². The zero-order valence-corrected chi connectivity index (χ0v) is 19.0. The van der Waals surface area contributed by atoms with Crippen LogP contribution in [-0.2, 0) is 0 Å². The maximum atomic E-state index is 10.0. The largest absolute Gasteiger partial charge is 0.393 e. The van der Waals surface area contributed by atoms with Crippen molar-refractivity contribution < 1.29 is 5.11 Å². The molecule has 3 rings (SSSR count). The van der Waals surface area contributed by atoms with Crippen LogP contribution in [-0.4, -0.2) is 11.2 Å². The van der Waals surface area contributed by atoms with Crippen LogP contribution in [0.3, 0.4) is 0 Å². The Bertz CT molecular complexity index is 610. The van der Waals surface area contributed by atoms with E-state index in [-0.39, 0.29) is 6.10 Å². The Balaban J connectivity index is 1.70. The molecule has 28 heavy (non-hydrogen) atoms. The van der Waals surface area contributed by atoms with E-state index in [2.05, 4.69) is 46.4 Å². The lowest BCUT2D eigenvalue weighted by atomic mass is 9.60. The number of fused-ring (bicyclic) bond motifs is 1. The predicted octanol–water partition coefficient (Wildman–Crippen LogP) is 7.62. The van der Waals surface area contributed by atoms with Crippen molar-refractivity contribution in [3.05, 3.63) is 35.5 Å². The summed E-state index contributed by atoms with van der Waals surface area (Å²) in [6, 6.07) is 0. The van der Waals surface area contributed by atoms with Gasteiger partial charge in [-0.2, -0.15) is 0 Å². The van der Waals surface area contributed by atoms with Gasteiger partial charge in [0.05, 0.1) is 6.10 Å². The van der Waals surface area contributed by atoms with Gasteiger partial charge in [0, 0.05) is 0 Å². The molecule has 0 saturated heterocycles. The monoisotopic (exact) mass is 384 g/mol. The molecule has 3 aliphatic rings. The number of hydrogen-bond donors (Lipinski definition) is 1. The second kappa shape index (κ2) is 9.33. The molecule has 158 valence electrons. The Kier molecular flexibility index (Phi) is 7.29. The fraction of sp³-hybridized carbons (Fsp3) is 0.778. The van der Waals surface area contributed by atoms with Crippen LogP contribution in [0.2, 0.25) is 0 Å². The highest BCUT2D eigenvalue weighted by Gasteiger charge is 2.50. The topological polar surface area (TPSA) is 20.2 Å². The van der Waals surface area contributed by atoms with Crippen LogP contribution in [0, 0.1) is 29.1 Å². The minimum Gasteiger partial charge on any atom is -0.393 e.